The number of benzene rings is 1. The number of rotatable bonds is 6. The number of ether oxygens (including phenoxy) is 1. The first-order valence-corrected chi connectivity index (χ1v) is 10.4. The molecular weight excluding hydrogens is 411 g/mol. The Balaban J connectivity index is 1.84. The highest BCUT2D eigenvalue weighted by Gasteiger charge is 2.59. The van der Waals surface area contributed by atoms with Gasteiger partial charge in [0.25, 0.3) is 5.91 Å². The van der Waals surface area contributed by atoms with Gasteiger partial charge in [-0.2, -0.15) is 0 Å². The van der Waals surface area contributed by atoms with Crippen molar-refractivity contribution in [1.82, 2.24) is 10.2 Å². The van der Waals surface area contributed by atoms with Crippen LogP contribution in [0.4, 0.5) is 0 Å². The van der Waals surface area contributed by atoms with Crippen LogP contribution in [0.25, 0.3) is 0 Å². The molecule has 0 aromatic heterocycles. The topological polar surface area (TPSA) is 119 Å². The SMILES string of the molecule is [B]OC(=O)C1=C(COC(C)=O)[C@H](C)S(=O)[C@@H]2[C@H](NC(=O)Cc3ccccc3)C(=O)N12. The summed E-state index contributed by atoms with van der Waals surface area (Å²) < 4.78 is 22.2. The van der Waals surface area contributed by atoms with Crippen LogP contribution in [0.1, 0.15) is 19.4 Å². The van der Waals surface area contributed by atoms with Crippen molar-refractivity contribution in [1.29, 1.82) is 0 Å². The highest BCUT2D eigenvalue weighted by molar-refractivity contribution is 7.86. The van der Waals surface area contributed by atoms with E-state index in [1.165, 1.54) is 6.92 Å². The molecule has 1 saturated heterocycles. The van der Waals surface area contributed by atoms with Gasteiger partial charge in [0.1, 0.15) is 23.7 Å². The van der Waals surface area contributed by atoms with Crippen molar-refractivity contribution in [2.24, 2.45) is 0 Å². The van der Waals surface area contributed by atoms with E-state index in [1.54, 1.807) is 31.2 Å². The Morgan fingerprint density at radius 2 is 1.90 bits per heavy atom. The number of nitrogens with zero attached hydrogens (tertiary/aromatic N) is 1. The summed E-state index contributed by atoms with van der Waals surface area (Å²) in [5, 5.41) is 0.902. The fraction of sp³-hybridized carbons (Fsp3) is 0.368. The van der Waals surface area contributed by atoms with E-state index in [2.05, 4.69) is 9.97 Å². The normalized spacial score (nSPS) is 25.1. The first kappa shape index (κ1) is 21.8. The van der Waals surface area contributed by atoms with Crippen LogP contribution in [-0.4, -0.2) is 64.2 Å². The molecular formula is C19H19BN2O7S. The van der Waals surface area contributed by atoms with Gasteiger partial charge in [0.15, 0.2) is 0 Å². The summed E-state index contributed by atoms with van der Waals surface area (Å²) in [6.07, 6.45) is 0.0464. The molecule has 11 heteroatoms. The lowest BCUT2D eigenvalue weighted by atomic mass is 10.0. The van der Waals surface area contributed by atoms with Crippen molar-refractivity contribution < 1.29 is 32.8 Å². The highest BCUT2D eigenvalue weighted by Crippen LogP contribution is 2.38. The van der Waals surface area contributed by atoms with E-state index >= 15 is 0 Å². The fourth-order valence-corrected chi connectivity index (χ4v) is 5.17. The number of hydrogen-bond acceptors (Lipinski definition) is 7. The Labute approximate surface area is 176 Å². The van der Waals surface area contributed by atoms with Crippen molar-refractivity contribution in [3.63, 3.8) is 0 Å². The molecule has 1 unspecified atom stereocenters. The van der Waals surface area contributed by atoms with Crippen molar-refractivity contribution in [3.05, 3.63) is 47.2 Å². The number of amides is 2. The average Bonchev–Trinajstić information content (AvgIpc) is 2.72. The number of esters is 1. The van der Waals surface area contributed by atoms with Crippen LogP contribution < -0.4 is 5.32 Å². The summed E-state index contributed by atoms with van der Waals surface area (Å²) in [6.45, 7) is 2.41. The van der Waals surface area contributed by atoms with E-state index in [9.17, 15) is 23.4 Å². The van der Waals surface area contributed by atoms with Gasteiger partial charge in [0.05, 0.1) is 22.5 Å². The molecule has 2 aliphatic heterocycles. The summed E-state index contributed by atoms with van der Waals surface area (Å²) in [4.78, 5) is 49.5. The van der Waals surface area contributed by atoms with E-state index < -0.39 is 51.2 Å². The van der Waals surface area contributed by atoms with Gasteiger partial charge in [-0.05, 0) is 12.5 Å². The predicted molar refractivity (Wildman–Crippen MR) is 106 cm³/mol. The van der Waals surface area contributed by atoms with Crippen LogP contribution in [0.2, 0.25) is 0 Å². The first-order chi connectivity index (χ1) is 14.3. The minimum absolute atomic E-state index is 0.0464. The quantitative estimate of drug-likeness (QED) is 0.366. The van der Waals surface area contributed by atoms with Gasteiger partial charge in [0.2, 0.25) is 5.91 Å². The van der Waals surface area contributed by atoms with Gasteiger partial charge in [0, 0.05) is 12.5 Å². The molecule has 1 fully saturated rings. The van der Waals surface area contributed by atoms with Gasteiger partial charge in [-0.15, -0.1) is 0 Å². The molecule has 4 atom stereocenters. The Morgan fingerprint density at radius 3 is 2.50 bits per heavy atom. The van der Waals surface area contributed by atoms with Gasteiger partial charge in [-0.3, -0.25) is 23.5 Å². The number of carbonyl (C=O) groups is 4. The van der Waals surface area contributed by atoms with E-state index in [0.717, 1.165) is 10.5 Å². The molecule has 9 nitrogen and oxygen atoms in total. The van der Waals surface area contributed by atoms with Gasteiger partial charge in [-0.25, -0.2) is 4.79 Å². The zero-order chi connectivity index (χ0) is 22.0. The summed E-state index contributed by atoms with van der Waals surface area (Å²) in [5.74, 6) is -2.67. The summed E-state index contributed by atoms with van der Waals surface area (Å²) in [7, 11) is 3.33. The van der Waals surface area contributed by atoms with E-state index in [-0.39, 0.29) is 24.3 Å². The highest BCUT2D eigenvalue weighted by atomic mass is 32.2. The largest absolute Gasteiger partial charge is 0.539 e. The molecule has 3 rings (SSSR count). The third-order valence-electron chi connectivity index (χ3n) is 4.92. The van der Waals surface area contributed by atoms with E-state index in [4.69, 9.17) is 12.8 Å². The molecule has 1 aromatic carbocycles. The molecule has 156 valence electrons. The number of β-lactam (4-membered cyclic amide) rings is 1. The van der Waals surface area contributed by atoms with Crippen LogP contribution in [0.5, 0.6) is 0 Å². The molecule has 30 heavy (non-hydrogen) atoms. The Bertz CT molecular complexity index is 949. The van der Waals surface area contributed by atoms with Crippen molar-refractivity contribution in [3.8, 4) is 0 Å². The standard InChI is InChI=1S/C19H19BN2O7S/c1-10-13(9-28-11(2)23)16(19(26)29-20)22-17(25)15(18(22)30(10)27)21-14(24)8-12-6-4-3-5-7-12/h3-7,10,15,18H,8-9H2,1-2H3,(H,21,24)/t10-,15+,18+,30?/m0/s1. The molecule has 2 heterocycles. The number of carbonyl (C=O) groups excluding carboxylic acids is 4. The lowest BCUT2D eigenvalue weighted by Gasteiger charge is -2.50. The Morgan fingerprint density at radius 1 is 1.23 bits per heavy atom. The first-order valence-electron chi connectivity index (χ1n) is 9.09. The van der Waals surface area contributed by atoms with E-state index in [1.807, 2.05) is 6.07 Å². The fourth-order valence-electron chi connectivity index (χ4n) is 3.43. The molecule has 2 aliphatic rings. The van der Waals surface area contributed by atoms with Crippen LogP contribution in [0.15, 0.2) is 41.6 Å². The van der Waals surface area contributed by atoms with Crippen molar-refractivity contribution in [2.45, 2.75) is 36.9 Å². The van der Waals surface area contributed by atoms with Gasteiger partial charge >= 0.3 is 20.0 Å². The Hall–Kier alpha value is -2.95. The maximum Gasteiger partial charge on any atom is 0.378 e. The van der Waals surface area contributed by atoms with Crippen LogP contribution in [0.3, 0.4) is 0 Å². The monoisotopic (exact) mass is 430 g/mol. The number of fused-ring (bicyclic) bond motifs is 1. The second-order valence-electron chi connectivity index (χ2n) is 6.84. The number of nitrogens with one attached hydrogen (secondary N) is 1. The van der Waals surface area contributed by atoms with Gasteiger partial charge in [-0.1, -0.05) is 30.3 Å². The summed E-state index contributed by atoms with van der Waals surface area (Å²) >= 11 is 0. The lowest BCUT2D eigenvalue weighted by molar-refractivity contribution is -0.150. The van der Waals surface area contributed by atoms with Crippen molar-refractivity contribution in [2.75, 3.05) is 6.61 Å². The average molecular weight is 430 g/mol. The summed E-state index contributed by atoms with van der Waals surface area (Å²) in [5.41, 5.74) is 0.708. The maximum absolute atomic E-state index is 13.0. The molecule has 0 spiro atoms. The molecule has 1 N–H and O–H groups in total. The summed E-state index contributed by atoms with van der Waals surface area (Å²) in [6, 6.07) is 7.89. The molecule has 0 aliphatic carbocycles. The maximum atomic E-state index is 13.0. The predicted octanol–water partition coefficient (Wildman–Crippen LogP) is -0.523. The van der Waals surface area contributed by atoms with Crippen LogP contribution in [-0.2, 0) is 45.8 Å². The molecule has 0 bridgehead atoms. The third kappa shape index (κ3) is 4.02. The minimum atomic E-state index is -1.68. The molecule has 2 amide bonds. The zero-order valence-electron chi connectivity index (χ0n) is 16.3. The van der Waals surface area contributed by atoms with Crippen LogP contribution in [0, 0.1) is 0 Å². The van der Waals surface area contributed by atoms with E-state index in [0.29, 0.717) is 0 Å². The molecule has 0 saturated carbocycles. The number of hydrogen-bond donors (Lipinski definition) is 1. The van der Waals surface area contributed by atoms with Gasteiger partial charge < -0.3 is 14.7 Å². The zero-order valence-corrected chi connectivity index (χ0v) is 17.1. The van der Waals surface area contributed by atoms with Crippen molar-refractivity contribution >= 4 is 42.6 Å². The molecule has 1 aromatic rings. The third-order valence-corrected chi connectivity index (χ3v) is 6.86. The van der Waals surface area contributed by atoms with Crippen LogP contribution >= 0.6 is 0 Å². The lowest BCUT2D eigenvalue weighted by Crippen LogP contribution is -2.74. The smallest absolute Gasteiger partial charge is 0.378 e. The second-order valence-corrected chi connectivity index (χ2v) is 8.68. The second kappa shape index (κ2) is 8.82. The molecule has 2 radical (unpaired) electrons. The minimum Gasteiger partial charge on any atom is -0.539 e. The Kier molecular flexibility index (Phi) is 6.40.